The fourth-order valence-corrected chi connectivity index (χ4v) is 3.05. The second-order valence-electron chi connectivity index (χ2n) is 4.01. The number of halogens is 1. The van der Waals surface area contributed by atoms with Gasteiger partial charge in [-0.1, -0.05) is 28.1 Å². The highest BCUT2D eigenvalue weighted by Gasteiger charge is 2.28. The van der Waals surface area contributed by atoms with Gasteiger partial charge in [0.05, 0.1) is 0 Å². The van der Waals surface area contributed by atoms with E-state index in [-0.39, 0.29) is 0 Å². The predicted molar refractivity (Wildman–Crippen MR) is 71.9 cm³/mol. The van der Waals surface area contributed by atoms with Crippen LogP contribution in [0.2, 0.25) is 0 Å². The molecule has 2 rings (SSSR count). The molecule has 1 N–H and O–H groups in total. The predicted octanol–water partition coefficient (Wildman–Crippen LogP) is 4.07. The van der Waals surface area contributed by atoms with E-state index in [1.807, 2.05) is 49.6 Å². The van der Waals surface area contributed by atoms with Crippen LogP contribution in [0.3, 0.4) is 0 Å². The van der Waals surface area contributed by atoms with Gasteiger partial charge < -0.3 is 5.11 Å². The third kappa shape index (κ3) is 2.08. The lowest BCUT2D eigenvalue weighted by Gasteiger charge is -2.23. The van der Waals surface area contributed by atoms with Crippen LogP contribution in [0, 0.1) is 6.92 Å². The average molecular weight is 297 g/mol. The zero-order valence-electron chi connectivity index (χ0n) is 9.20. The average Bonchev–Trinajstić information content (AvgIpc) is 2.66. The minimum atomic E-state index is -0.904. The maximum absolute atomic E-state index is 10.6. The molecule has 0 radical (unpaired) electrons. The number of aliphatic hydroxyl groups is 1. The minimum Gasteiger partial charge on any atom is -0.380 e. The van der Waals surface area contributed by atoms with Gasteiger partial charge in [0.2, 0.25) is 0 Å². The molecule has 2 aromatic rings. The van der Waals surface area contributed by atoms with Gasteiger partial charge in [0, 0.05) is 9.35 Å². The first-order valence-corrected chi connectivity index (χ1v) is 6.72. The zero-order chi connectivity index (χ0) is 11.8. The van der Waals surface area contributed by atoms with Gasteiger partial charge in [-0.3, -0.25) is 0 Å². The van der Waals surface area contributed by atoms with Crippen molar-refractivity contribution in [2.45, 2.75) is 19.4 Å². The second kappa shape index (κ2) is 4.32. The lowest BCUT2D eigenvalue weighted by molar-refractivity contribution is 0.106. The van der Waals surface area contributed by atoms with Crippen LogP contribution in [-0.4, -0.2) is 5.11 Å². The Balaban J connectivity index is 2.46. The first-order chi connectivity index (χ1) is 7.51. The van der Waals surface area contributed by atoms with Crippen LogP contribution < -0.4 is 0 Å². The number of hydrogen-bond donors (Lipinski definition) is 1. The molecule has 0 amide bonds. The van der Waals surface area contributed by atoms with Crippen LogP contribution in [0.4, 0.5) is 0 Å². The Hall–Kier alpha value is -0.640. The van der Waals surface area contributed by atoms with Crippen molar-refractivity contribution in [3.63, 3.8) is 0 Å². The van der Waals surface area contributed by atoms with Crippen LogP contribution in [0.25, 0.3) is 0 Å². The summed E-state index contributed by atoms with van der Waals surface area (Å²) in [5, 5.41) is 12.6. The number of hydrogen-bond acceptors (Lipinski definition) is 2. The topological polar surface area (TPSA) is 20.2 Å². The molecule has 1 heterocycles. The molecular formula is C13H13BrOS. The first kappa shape index (κ1) is 11.8. The molecule has 1 nitrogen and oxygen atoms in total. The molecule has 0 aliphatic heterocycles. The van der Waals surface area contributed by atoms with Crippen molar-refractivity contribution in [2.75, 3.05) is 0 Å². The fourth-order valence-electron chi connectivity index (χ4n) is 1.78. The highest BCUT2D eigenvalue weighted by Crippen LogP contribution is 2.35. The summed E-state index contributed by atoms with van der Waals surface area (Å²) >= 11 is 4.99. The molecule has 1 unspecified atom stereocenters. The first-order valence-electron chi connectivity index (χ1n) is 5.05. The molecule has 0 aliphatic carbocycles. The molecular weight excluding hydrogens is 284 g/mol. The van der Waals surface area contributed by atoms with E-state index in [2.05, 4.69) is 15.9 Å². The summed E-state index contributed by atoms with van der Waals surface area (Å²) < 4.78 is 1.02. The molecule has 1 aromatic heterocycles. The highest BCUT2D eigenvalue weighted by atomic mass is 79.9. The van der Waals surface area contributed by atoms with Crippen molar-refractivity contribution in [3.05, 3.63) is 56.2 Å². The normalized spacial score (nSPS) is 14.8. The minimum absolute atomic E-state index is 0.904. The van der Waals surface area contributed by atoms with Gasteiger partial charge in [-0.05, 0) is 48.6 Å². The van der Waals surface area contributed by atoms with E-state index in [0.29, 0.717) is 0 Å². The van der Waals surface area contributed by atoms with Gasteiger partial charge in [-0.15, -0.1) is 11.3 Å². The van der Waals surface area contributed by atoms with Crippen molar-refractivity contribution in [3.8, 4) is 0 Å². The van der Waals surface area contributed by atoms with E-state index >= 15 is 0 Å². The summed E-state index contributed by atoms with van der Waals surface area (Å²) in [4.78, 5) is 1.01. The second-order valence-corrected chi connectivity index (χ2v) is 5.84. The molecule has 0 bridgehead atoms. The van der Waals surface area contributed by atoms with E-state index in [9.17, 15) is 5.11 Å². The zero-order valence-corrected chi connectivity index (χ0v) is 11.6. The third-order valence-electron chi connectivity index (χ3n) is 2.71. The van der Waals surface area contributed by atoms with Crippen LogP contribution in [0.5, 0.6) is 0 Å². The Morgan fingerprint density at radius 1 is 1.19 bits per heavy atom. The van der Waals surface area contributed by atoms with Crippen LogP contribution in [-0.2, 0) is 5.60 Å². The molecule has 0 saturated carbocycles. The van der Waals surface area contributed by atoms with Gasteiger partial charge in [-0.2, -0.15) is 0 Å². The molecule has 16 heavy (non-hydrogen) atoms. The number of benzene rings is 1. The third-order valence-corrected chi connectivity index (χ3v) is 4.47. The van der Waals surface area contributed by atoms with E-state index in [1.54, 1.807) is 11.3 Å². The Kier molecular flexibility index (Phi) is 3.19. The van der Waals surface area contributed by atoms with Crippen LogP contribution in [0.15, 0.2) is 40.2 Å². The Labute approximate surface area is 108 Å². The SMILES string of the molecule is Cc1ccsc1C(C)(O)c1ccc(Br)cc1. The molecule has 0 spiro atoms. The van der Waals surface area contributed by atoms with E-state index < -0.39 is 5.60 Å². The van der Waals surface area contributed by atoms with Gasteiger partial charge in [0.15, 0.2) is 0 Å². The maximum Gasteiger partial charge on any atom is 0.121 e. The van der Waals surface area contributed by atoms with Crippen LogP contribution in [0.1, 0.15) is 22.9 Å². The Bertz CT molecular complexity index is 485. The van der Waals surface area contributed by atoms with E-state index in [0.717, 1.165) is 20.5 Å². The van der Waals surface area contributed by atoms with E-state index in [1.165, 1.54) is 0 Å². The molecule has 1 atom stereocenters. The highest BCUT2D eigenvalue weighted by molar-refractivity contribution is 9.10. The molecule has 84 valence electrons. The van der Waals surface area contributed by atoms with Crippen molar-refractivity contribution in [1.29, 1.82) is 0 Å². The van der Waals surface area contributed by atoms with Gasteiger partial charge >= 0.3 is 0 Å². The fraction of sp³-hybridized carbons (Fsp3) is 0.231. The lowest BCUT2D eigenvalue weighted by atomic mass is 9.92. The quantitative estimate of drug-likeness (QED) is 0.885. The smallest absolute Gasteiger partial charge is 0.121 e. The standard InChI is InChI=1S/C13H13BrOS/c1-9-7-8-16-12(9)13(2,15)10-3-5-11(14)6-4-10/h3-8,15H,1-2H3. The number of thiophene rings is 1. The van der Waals surface area contributed by atoms with Gasteiger partial charge in [0.1, 0.15) is 5.60 Å². The molecule has 1 aromatic carbocycles. The Morgan fingerprint density at radius 3 is 2.31 bits per heavy atom. The van der Waals surface area contributed by atoms with Crippen molar-refractivity contribution < 1.29 is 5.11 Å². The molecule has 0 saturated heterocycles. The lowest BCUT2D eigenvalue weighted by Crippen LogP contribution is -2.22. The van der Waals surface area contributed by atoms with Gasteiger partial charge in [-0.25, -0.2) is 0 Å². The summed E-state index contributed by atoms with van der Waals surface area (Å²) in [5.41, 5.74) is 1.15. The summed E-state index contributed by atoms with van der Waals surface area (Å²) in [7, 11) is 0. The van der Waals surface area contributed by atoms with Crippen molar-refractivity contribution in [2.24, 2.45) is 0 Å². The summed E-state index contributed by atoms with van der Waals surface area (Å²) in [6.07, 6.45) is 0. The monoisotopic (exact) mass is 296 g/mol. The van der Waals surface area contributed by atoms with Crippen molar-refractivity contribution in [1.82, 2.24) is 0 Å². The molecule has 3 heteroatoms. The summed E-state index contributed by atoms with van der Waals surface area (Å²) in [6, 6.07) is 9.83. The molecule has 0 aliphatic rings. The van der Waals surface area contributed by atoms with Crippen molar-refractivity contribution >= 4 is 27.3 Å². The van der Waals surface area contributed by atoms with Gasteiger partial charge in [0.25, 0.3) is 0 Å². The summed E-state index contributed by atoms with van der Waals surface area (Å²) in [5.74, 6) is 0. The maximum atomic E-state index is 10.6. The number of rotatable bonds is 2. The van der Waals surface area contributed by atoms with E-state index in [4.69, 9.17) is 0 Å². The largest absolute Gasteiger partial charge is 0.380 e. The Morgan fingerprint density at radius 2 is 1.81 bits per heavy atom. The van der Waals surface area contributed by atoms with Crippen LogP contribution >= 0.6 is 27.3 Å². The number of aryl methyl sites for hydroxylation is 1. The summed E-state index contributed by atoms with van der Waals surface area (Å²) in [6.45, 7) is 3.87. The molecule has 0 fully saturated rings.